The monoisotopic (exact) mass is 298 g/mol. The zero-order valence-corrected chi connectivity index (χ0v) is 11.4. The fraction of sp³-hybridized carbons (Fsp3) is 0.182. The molecule has 5 heteroatoms. The maximum absolute atomic E-state index is 5.77. The first kappa shape index (κ1) is 11.5. The summed E-state index contributed by atoms with van der Waals surface area (Å²) in [6.45, 7) is 3.90. The predicted octanol–water partition coefficient (Wildman–Crippen LogP) is 3.79. The van der Waals surface area contributed by atoms with Crippen LogP contribution in [-0.2, 0) is 0 Å². The van der Waals surface area contributed by atoms with Crippen LogP contribution in [0.2, 0.25) is 0 Å². The van der Waals surface area contributed by atoms with Gasteiger partial charge in [-0.3, -0.25) is 0 Å². The normalized spacial score (nSPS) is 10.7. The van der Waals surface area contributed by atoms with Gasteiger partial charge in [-0.1, -0.05) is 11.8 Å². The van der Waals surface area contributed by atoms with Crippen molar-refractivity contribution in [2.24, 2.45) is 0 Å². The molecule has 0 aliphatic carbocycles. The number of furan rings is 1. The summed E-state index contributed by atoms with van der Waals surface area (Å²) in [6.07, 6.45) is 3.35. The quantitative estimate of drug-likeness (QED) is 0.916. The molecule has 2 rings (SSSR count). The Balaban J connectivity index is 2.36. The smallest absolute Gasteiger partial charge is 0.115 e. The summed E-state index contributed by atoms with van der Waals surface area (Å²) in [7, 11) is 0. The molecule has 0 radical (unpaired) electrons. The van der Waals surface area contributed by atoms with E-state index in [1.54, 1.807) is 24.2 Å². The summed E-state index contributed by atoms with van der Waals surface area (Å²) in [4.78, 5) is 5.37. The summed E-state index contributed by atoms with van der Waals surface area (Å²) in [6, 6.07) is 1.93. The van der Waals surface area contributed by atoms with E-state index in [1.165, 1.54) is 0 Å². The second kappa shape index (κ2) is 4.51. The van der Waals surface area contributed by atoms with Gasteiger partial charge in [0, 0.05) is 0 Å². The number of aromatic nitrogens is 1. The van der Waals surface area contributed by atoms with E-state index < -0.39 is 0 Å². The highest BCUT2D eigenvalue weighted by Crippen LogP contribution is 2.36. The van der Waals surface area contributed by atoms with Crippen molar-refractivity contribution in [3.05, 3.63) is 34.3 Å². The van der Waals surface area contributed by atoms with Gasteiger partial charge in [0.05, 0.1) is 27.5 Å². The van der Waals surface area contributed by atoms with Crippen LogP contribution < -0.4 is 5.73 Å². The molecule has 0 spiro atoms. The average Bonchev–Trinajstić information content (AvgIpc) is 2.65. The largest absolute Gasteiger partial charge is 0.468 e. The number of halogens is 1. The molecule has 0 saturated carbocycles. The lowest BCUT2D eigenvalue weighted by molar-refractivity contribution is 0.527. The molecule has 0 fully saturated rings. The van der Waals surface area contributed by atoms with Crippen molar-refractivity contribution in [1.29, 1.82) is 0 Å². The van der Waals surface area contributed by atoms with E-state index in [9.17, 15) is 0 Å². The second-order valence-corrected chi connectivity index (χ2v) is 5.22. The molecule has 0 atom stereocenters. The molecule has 16 heavy (non-hydrogen) atoms. The van der Waals surface area contributed by atoms with Gasteiger partial charge in [-0.25, -0.2) is 4.98 Å². The van der Waals surface area contributed by atoms with Gasteiger partial charge < -0.3 is 10.2 Å². The minimum Gasteiger partial charge on any atom is -0.468 e. The lowest BCUT2D eigenvalue weighted by Gasteiger charge is -2.07. The van der Waals surface area contributed by atoms with Gasteiger partial charge in [0.2, 0.25) is 0 Å². The zero-order valence-electron chi connectivity index (χ0n) is 8.95. The van der Waals surface area contributed by atoms with Crippen molar-refractivity contribution in [3.8, 4) is 0 Å². The van der Waals surface area contributed by atoms with Crippen molar-refractivity contribution >= 4 is 33.4 Å². The Hall–Kier alpha value is -0.940. The van der Waals surface area contributed by atoms with E-state index in [2.05, 4.69) is 20.9 Å². The van der Waals surface area contributed by atoms with Crippen molar-refractivity contribution < 1.29 is 4.42 Å². The molecule has 0 unspecified atom stereocenters. The van der Waals surface area contributed by atoms with E-state index in [1.807, 2.05) is 19.9 Å². The van der Waals surface area contributed by atoms with E-state index in [0.29, 0.717) is 5.69 Å². The molecule has 2 aromatic rings. The third-order valence-electron chi connectivity index (χ3n) is 2.29. The summed E-state index contributed by atoms with van der Waals surface area (Å²) >= 11 is 5.07. The number of pyridine rings is 1. The van der Waals surface area contributed by atoms with Gasteiger partial charge in [0.15, 0.2) is 0 Å². The lowest BCUT2D eigenvalue weighted by atomic mass is 10.3. The first-order chi connectivity index (χ1) is 7.59. The van der Waals surface area contributed by atoms with Gasteiger partial charge in [-0.2, -0.15) is 0 Å². The number of rotatable bonds is 2. The maximum Gasteiger partial charge on any atom is 0.115 e. The molecule has 0 amide bonds. The van der Waals surface area contributed by atoms with Gasteiger partial charge in [0.1, 0.15) is 10.8 Å². The Morgan fingerprint density at radius 1 is 1.44 bits per heavy atom. The van der Waals surface area contributed by atoms with Crippen molar-refractivity contribution in [2.75, 3.05) is 5.73 Å². The third-order valence-corrected chi connectivity index (χ3v) is 4.67. The highest BCUT2D eigenvalue weighted by molar-refractivity contribution is 9.10. The Labute approximate surface area is 107 Å². The number of hydrogen-bond acceptors (Lipinski definition) is 4. The number of anilines is 1. The van der Waals surface area contributed by atoms with E-state index in [4.69, 9.17) is 10.2 Å². The molecule has 0 aliphatic heterocycles. The molecule has 2 heterocycles. The van der Waals surface area contributed by atoms with Crippen LogP contribution in [0.4, 0.5) is 5.69 Å². The second-order valence-electron chi connectivity index (χ2n) is 3.40. The summed E-state index contributed by atoms with van der Waals surface area (Å²) < 4.78 is 6.18. The third kappa shape index (κ3) is 2.10. The summed E-state index contributed by atoms with van der Waals surface area (Å²) in [5, 5.41) is 0.899. The fourth-order valence-electron chi connectivity index (χ4n) is 1.22. The van der Waals surface area contributed by atoms with Crippen molar-refractivity contribution in [1.82, 2.24) is 4.98 Å². The molecule has 0 aliphatic rings. The molecule has 0 bridgehead atoms. The number of nitrogens with zero attached hydrogens (tertiary/aromatic N) is 1. The Bertz CT molecular complexity index is 525. The predicted molar refractivity (Wildman–Crippen MR) is 68.7 cm³/mol. The van der Waals surface area contributed by atoms with Crippen LogP contribution in [0.15, 0.2) is 37.3 Å². The highest BCUT2D eigenvalue weighted by Gasteiger charge is 2.11. The minimum absolute atomic E-state index is 0.695. The Morgan fingerprint density at radius 3 is 2.81 bits per heavy atom. The SMILES string of the molecule is Cc1occc1Sc1ncc(N)c(C)c1Br. The first-order valence-electron chi connectivity index (χ1n) is 4.72. The molecule has 2 aromatic heterocycles. The van der Waals surface area contributed by atoms with E-state index in [0.717, 1.165) is 25.7 Å². The zero-order chi connectivity index (χ0) is 11.7. The van der Waals surface area contributed by atoms with Gasteiger partial charge >= 0.3 is 0 Å². The topological polar surface area (TPSA) is 52.0 Å². The van der Waals surface area contributed by atoms with Crippen LogP contribution in [0.25, 0.3) is 0 Å². The molecule has 0 aromatic carbocycles. The van der Waals surface area contributed by atoms with Crippen LogP contribution in [0.5, 0.6) is 0 Å². The number of hydrogen-bond donors (Lipinski definition) is 1. The number of nitrogens with two attached hydrogens (primary N) is 1. The fourth-order valence-corrected chi connectivity index (χ4v) is 2.67. The van der Waals surface area contributed by atoms with Gasteiger partial charge in [-0.05, 0) is 41.4 Å². The minimum atomic E-state index is 0.695. The first-order valence-corrected chi connectivity index (χ1v) is 6.33. The van der Waals surface area contributed by atoms with Crippen LogP contribution in [0.1, 0.15) is 11.3 Å². The molecule has 0 saturated heterocycles. The lowest BCUT2D eigenvalue weighted by Crippen LogP contribution is -1.94. The van der Waals surface area contributed by atoms with Gasteiger partial charge in [0.25, 0.3) is 0 Å². The number of nitrogen functional groups attached to an aromatic ring is 1. The van der Waals surface area contributed by atoms with Crippen LogP contribution in [0.3, 0.4) is 0 Å². The van der Waals surface area contributed by atoms with Crippen LogP contribution in [-0.4, -0.2) is 4.98 Å². The number of aryl methyl sites for hydroxylation is 1. The Kier molecular flexibility index (Phi) is 3.25. The molecule has 2 N–H and O–H groups in total. The van der Waals surface area contributed by atoms with E-state index in [-0.39, 0.29) is 0 Å². The van der Waals surface area contributed by atoms with Crippen molar-refractivity contribution in [3.63, 3.8) is 0 Å². The van der Waals surface area contributed by atoms with E-state index >= 15 is 0 Å². The standard InChI is InChI=1S/C11H11BrN2OS/c1-6-8(13)5-14-11(10(6)12)16-9-3-4-15-7(9)2/h3-5H,13H2,1-2H3. The molecule has 3 nitrogen and oxygen atoms in total. The summed E-state index contributed by atoms with van der Waals surface area (Å²) in [5.74, 6) is 0.896. The van der Waals surface area contributed by atoms with Gasteiger partial charge in [-0.15, -0.1) is 0 Å². The highest BCUT2D eigenvalue weighted by atomic mass is 79.9. The van der Waals surface area contributed by atoms with Crippen LogP contribution in [0, 0.1) is 13.8 Å². The summed E-state index contributed by atoms with van der Waals surface area (Å²) in [5.41, 5.74) is 7.48. The van der Waals surface area contributed by atoms with Crippen LogP contribution >= 0.6 is 27.7 Å². The Morgan fingerprint density at radius 2 is 2.19 bits per heavy atom. The maximum atomic E-state index is 5.77. The van der Waals surface area contributed by atoms with Crippen molar-refractivity contribution in [2.45, 2.75) is 23.8 Å². The molecular weight excluding hydrogens is 288 g/mol. The average molecular weight is 299 g/mol. The molecule has 84 valence electrons. The molecular formula is C11H11BrN2OS.